The van der Waals surface area contributed by atoms with Crippen LogP contribution in [-0.4, -0.2) is 29.1 Å². The van der Waals surface area contributed by atoms with Crippen molar-refractivity contribution in [1.29, 1.82) is 10.5 Å². The normalized spacial score (nSPS) is 12.7. The molecule has 0 fully saturated rings. The molecule has 0 N–H and O–H groups in total. The number of hydrogen-bond acceptors (Lipinski definition) is 8. The molecule has 64 heavy (non-hydrogen) atoms. The molecule has 0 saturated carbocycles. The summed E-state index contributed by atoms with van der Waals surface area (Å²) in [5, 5.41) is 24.4. The molecule has 10 nitrogen and oxygen atoms in total. The first-order chi connectivity index (χ1) is 31.4. The van der Waals surface area contributed by atoms with Gasteiger partial charge in [0.15, 0.2) is 0 Å². The third-order valence-corrected chi connectivity index (χ3v) is 12.0. The van der Waals surface area contributed by atoms with Crippen LogP contribution in [0.3, 0.4) is 0 Å². The van der Waals surface area contributed by atoms with Crippen LogP contribution in [0.5, 0.6) is 0 Å². The molecule has 0 aliphatic heterocycles. The molecule has 0 amide bonds. The Bertz CT molecular complexity index is 3640. The third-order valence-electron chi connectivity index (χ3n) is 12.0. The smallest absolute Gasteiger partial charge is 0.135 e. The third kappa shape index (κ3) is 5.81. The topological polar surface area (TPSA) is 135 Å². The minimum absolute atomic E-state index is 0.0378. The predicted octanol–water partition coefficient (Wildman–Crippen LogP) is 12.5. The van der Waals surface area contributed by atoms with E-state index < -0.39 is 23.5 Å². The highest BCUT2D eigenvalue weighted by atomic mass is 19.1. The van der Waals surface area contributed by atoms with Gasteiger partial charge in [-0.3, -0.25) is 19.1 Å². The van der Waals surface area contributed by atoms with Crippen molar-refractivity contribution in [3.05, 3.63) is 181 Å². The van der Waals surface area contributed by atoms with Gasteiger partial charge in [-0.25, -0.2) is 18.7 Å². The molecule has 0 bridgehead atoms. The van der Waals surface area contributed by atoms with Crippen molar-refractivity contribution in [3.63, 3.8) is 0 Å². The van der Waals surface area contributed by atoms with E-state index in [1.165, 1.54) is 24.3 Å². The summed E-state index contributed by atoms with van der Waals surface area (Å²) in [6.45, 7) is 0. The summed E-state index contributed by atoms with van der Waals surface area (Å²) >= 11 is 0. The van der Waals surface area contributed by atoms with E-state index in [1.54, 1.807) is 46.3 Å². The van der Waals surface area contributed by atoms with Crippen molar-refractivity contribution >= 4 is 65.8 Å². The summed E-state index contributed by atoms with van der Waals surface area (Å²) in [6.07, 6.45) is 6.51. The molecule has 0 aliphatic rings. The first kappa shape index (κ1) is 36.8. The van der Waals surface area contributed by atoms with Gasteiger partial charge in [0, 0.05) is 43.8 Å². The molecule has 2 atom stereocenters. The summed E-state index contributed by atoms with van der Waals surface area (Å²) in [5.74, 6) is -2.74. The van der Waals surface area contributed by atoms with E-state index in [9.17, 15) is 10.5 Å². The van der Waals surface area contributed by atoms with Gasteiger partial charge in [0.05, 0.1) is 69.8 Å². The van der Waals surface area contributed by atoms with Crippen LogP contribution in [0, 0.1) is 34.3 Å². The summed E-state index contributed by atoms with van der Waals surface area (Å²) in [6, 6.07) is 44.2. The van der Waals surface area contributed by atoms with E-state index in [2.05, 4.69) is 32.1 Å². The predicted molar refractivity (Wildman–Crippen MR) is 240 cm³/mol. The Balaban J connectivity index is 0.877. The molecule has 12 heteroatoms. The lowest BCUT2D eigenvalue weighted by Crippen LogP contribution is -2.12. The monoisotopic (exact) mass is 834 g/mol. The Hall–Kier alpha value is -9.00. The van der Waals surface area contributed by atoms with Crippen LogP contribution in [0.4, 0.5) is 8.78 Å². The number of pyridine rings is 2. The van der Waals surface area contributed by atoms with E-state index >= 15 is 8.78 Å². The van der Waals surface area contributed by atoms with Gasteiger partial charge < -0.3 is 8.83 Å². The lowest BCUT2D eigenvalue weighted by atomic mass is 9.82. The average molecular weight is 835 g/mol. The van der Waals surface area contributed by atoms with Gasteiger partial charge in [-0.15, -0.1) is 0 Å². The summed E-state index contributed by atoms with van der Waals surface area (Å²) in [5.41, 5.74) is 8.02. The zero-order chi connectivity index (χ0) is 43.1. The number of rotatable bonds is 7. The van der Waals surface area contributed by atoms with Crippen LogP contribution in [0.25, 0.3) is 99.8 Å². The van der Waals surface area contributed by atoms with Gasteiger partial charge in [0.1, 0.15) is 58.0 Å². The SMILES string of the molecule is N#CC(c1ccc(-n2cnc3cnc4ccc(-c5cc6ccccc6o5)cc4c32)cc1F)C(C#N)c1ccc(-n2cnc3cnc4ccc(-c5cc6ccccc6o5)cc4c32)cc1F. The molecule has 6 aromatic carbocycles. The van der Waals surface area contributed by atoms with Gasteiger partial charge in [-0.1, -0.05) is 48.5 Å². The van der Waals surface area contributed by atoms with Crippen molar-refractivity contribution in [3.8, 4) is 46.2 Å². The van der Waals surface area contributed by atoms with Crippen molar-refractivity contribution in [2.45, 2.75) is 11.8 Å². The standard InChI is InChI=1S/C52H28F2N8O2/c53-41-21-33(61-27-59-45-25-57-43-15-9-31(17-37(43)51(45)61)49-19-29-5-1-3-7-47(29)63-49)11-13-35(41)39(23-55)40(24-56)36-14-12-34(22-42(36)54)62-28-60-46-26-58-44-16-10-32(18-38(44)52(46)62)50-20-30-6-2-4-8-48(30)64-50/h1-22,25-28,39-40H. The fourth-order valence-electron chi connectivity index (χ4n) is 8.82. The van der Waals surface area contributed by atoms with Gasteiger partial charge in [-0.05, 0) is 84.9 Å². The number of hydrogen-bond donors (Lipinski definition) is 0. The first-order valence-electron chi connectivity index (χ1n) is 20.3. The molecular formula is C52H28F2N8O2. The van der Waals surface area contributed by atoms with Crippen molar-refractivity contribution in [2.24, 2.45) is 0 Å². The lowest BCUT2D eigenvalue weighted by molar-refractivity contribution is 0.570. The zero-order valence-corrected chi connectivity index (χ0v) is 33.3. The molecule has 6 heterocycles. The molecule has 302 valence electrons. The van der Waals surface area contributed by atoms with E-state index in [4.69, 9.17) is 8.83 Å². The molecule has 0 saturated heterocycles. The summed E-state index contributed by atoms with van der Waals surface area (Å²) < 4.78 is 48.6. The molecule has 0 aliphatic carbocycles. The first-order valence-corrected chi connectivity index (χ1v) is 20.3. The second-order valence-corrected chi connectivity index (χ2v) is 15.6. The number of para-hydroxylation sites is 2. The number of benzene rings is 6. The van der Waals surface area contributed by atoms with Crippen molar-refractivity contribution in [1.82, 2.24) is 29.1 Å². The quantitative estimate of drug-likeness (QED) is 0.155. The Labute approximate surface area is 361 Å². The number of nitrogens with zero attached hydrogens (tertiary/aromatic N) is 8. The molecule has 12 aromatic rings. The number of aromatic nitrogens is 6. The maximum atomic E-state index is 16.4. The molecule has 2 unspecified atom stereocenters. The van der Waals surface area contributed by atoms with Gasteiger partial charge in [-0.2, -0.15) is 10.5 Å². The molecule has 0 spiro atoms. The minimum atomic E-state index is -1.34. The Morgan fingerprint density at radius 3 is 1.36 bits per heavy atom. The van der Waals surface area contributed by atoms with E-state index in [0.29, 0.717) is 56.0 Å². The number of halogens is 2. The number of nitriles is 2. The highest BCUT2D eigenvalue weighted by Gasteiger charge is 2.30. The van der Waals surface area contributed by atoms with E-state index in [-0.39, 0.29) is 11.1 Å². The maximum Gasteiger partial charge on any atom is 0.135 e. The second kappa shape index (κ2) is 14.3. The van der Waals surface area contributed by atoms with Crippen LogP contribution in [0.15, 0.2) is 167 Å². The fourth-order valence-corrected chi connectivity index (χ4v) is 8.82. The average Bonchev–Trinajstić information content (AvgIpc) is 4.15. The van der Waals surface area contributed by atoms with Crippen molar-refractivity contribution < 1.29 is 17.6 Å². The highest BCUT2D eigenvalue weighted by Crippen LogP contribution is 2.39. The summed E-state index contributed by atoms with van der Waals surface area (Å²) in [4.78, 5) is 18.3. The highest BCUT2D eigenvalue weighted by molar-refractivity contribution is 6.05. The van der Waals surface area contributed by atoms with Crippen LogP contribution in [-0.2, 0) is 0 Å². The molecule has 0 radical (unpaired) electrons. The number of furan rings is 2. The largest absolute Gasteiger partial charge is 0.456 e. The molecule has 12 rings (SSSR count). The second-order valence-electron chi connectivity index (χ2n) is 15.6. The van der Waals surface area contributed by atoms with Crippen LogP contribution in [0.2, 0.25) is 0 Å². The van der Waals surface area contributed by atoms with E-state index in [0.717, 1.165) is 43.8 Å². The summed E-state index contributed by atoms with van der Waals surface area (Å²) in [7, 11) is 0. The van der Waals surface area contributed by atoms with E-state index in [1.807, 2.05) is 97.1 Å². The number of fused-ring (bicyclic) bond motifs is 8. The van der Waals surface area contributed by atoms with Gasteiger partial charge in [0.2, 0.25) is 0 Å². The van der Waals surface area contributed by atoms with Crippen LogP contribution in [0.1, 0.15) is 23.0 Å². The Kier molecular flexibility index (Phi) is 8.23. The van der Waals surface area contributed by atoms with Crippen LogP contribution >= 0.6 is 0 Å². The minimum Gasteiger partial charge on any atom is -0.456 e. The molecule has 6 aromatic heterocycles. The fraction of sp³-hybridized carbons (Fsp3) is 0.0385. The Morgan fingerprint density at radius 2 is 0.938 bits per heavy atom. The Morgan fingerprint density at radius 1 is 0.484 bits per heavy atom. The number of imidazole rings is 2. The maximum absolute atomic E-state index is 16.4. The lowest BCUT2D eigenvalue weighted by Gasteiger charge is -2.19. The van der Waals surface area contributed by atoms with Gasteiger partial charge >= 0.3 is 0 Å². The van der Waals surface area contributed by atoms with Crippen molar-refractivity contribution in [2.75, 3.05) is 0 Å². The van der Waals surface area contributed by atoms with Gasteiger partial charge in [0.25, 0.3) is 0 Å². The van der Waals surface area contributed by atoms with Crippen LogP contribution < -0.4 is 0 Å². The zero-order valence-electron chi connectivity index (χ0n) is 33.3. The molecular weight excluding hydrogens is 807 g/mol.